The lowest BCUT2D eigenvalue weighted by molar-refractivity contribution is -0.0729. The van der Waals surface area contributed by atoms with Crippen LogP contribution in [-0.4, -0.2) is 108 Å². The van der Waals surface area contributed by atoms with Gasteiger partial charge in [0.05, 0.1) is 13.2 Å². The molecule has 4 aliphatic rings. The van der Waals surface area contributed by atoms with Gasteiger partial charge in [0.1, 0.15) is 0 Å². The molecule has 0 aliphatic carbocycles. The zero-order chi connectivity index (χ0) is 22.1. The molecule has 4 saturated heterocycles. The number of ether oxygens (including phenoxy) is 1. The largest absolute Gasteiger partial charge is 0.379 e. The van der Waals surface area contributed by atoms with Gasteiger partial charge in [-0.05, 0) is 85.2 Å². The van der Waals surface area contributed by atoms with E-state index in [2.05, 4.69) is 54.2 Å². The minimum absolute atomic E-state index is 0.191. The van der Waals surface area contributed by atoms with E-state index in [1.54, 1.807) is 0 Å². The molecule has 5 heteroatoms. The van der Waals surface area contributed by atoms with Crippen molar-refractivity contribution >= 4 is 0 Å². The number of hydrogen-bond donors (Lipinski definition) is 0. The summed E-state index contributed by atoms with van der Waals surface area (Å²) in [5.41, 5.74) is 0.385. The normalized spacial score (nSPS) is 28.9. The Kier molecular flexibility index (Phi) is 7.70. The minimum Gasteiger partial charge on any atom is -0.379 e. The van der Waals surface area contributed by atoms with Crippen molar-refractivity contribution in [2.24, 2.45) is 5.92 Å². The first-order valence-corrected chi connectivity index (χ1v) is 13.3. The third kappa shape index (κ3) is 5.16. The van der Waals surface area contributed by atoms with Crippen molar-refractivity contribution in [2.75, 3.05) is 65.6 Å². The number of hydrogen-bond acceptors (Lipinski definition) is 5. The Balaban J connectivity index is 1.29. The lowest BCUT2D eigenvalue weighted by Crippen LogP contribution is -2.68. The van der Waals surface area contributed by atoms with Crippen molar-refractivity contribution < 1.29 is 4.74 Å². The number of nitrogens with zero attached hydrogens (tertiary/aromatic N) is 4. The second kappa shape index (κ2) is 9.97. The van der Waals surface area contributed by atoms with Crippen molar-refractivity contribution in [3.8, 4) is 0 Å². The van der Waals surface area contributed by atoms with Gasteiger partial charge >= 0.3 is 0 Å². The number of piperidine rings is 3. The van der Waals surface area contributed by atoms with Crippen molar-refractivity contribution in [1.29, 1.82) is 0 Å². The molecule has 4 aliphatic heterocycles. The topological polar surface area (TPSA) is 22.2 Å². The van der Waals surface area contributed by atoms with Crippen molar-refractivity contribution in [2.45, 2.75) is 96.3 Å². The van der Waals surface area contributed by atoms with Gasteiger partial charge in [0.15, 0.2) is 0 Å². The molecule has 0 spiro atoms. The van der Waals surface area contributed by atoms with E-state index < -0.39 is 0 Å². The molecule has 4 rings (SSSR count). The van der Waals surface area contributed by atoms with Crippen molar-refractivity contribution in [3.05, 3.63) is 0 Å². The average Bonchev–Trinajstić information content (AvgIpc) is 2.80. The summed E-state index contributed by atoms with van der Waals surface area (Å²) in [4.78, 5) is 11.1. The van der Waals surface area contributed by atoms with E-state index in [1.165, 1.54) is 77.8 Å². The first kappa shape index (κ1) is 23.9. The maximum Gasteiger partial charge on any atom is 0.0594 e. The Labute approximate surface area is 192 Å². The molecule has 0 aromatic heterocycles. The monoisotopic (exact) mass is 434 g/mol. The molecule has 0 saturated carbocycles. The lowest BCUT2D eigenvalue weighted by atomic mass is 9.77. The molecule has 31 heavy (non-hydrogen) atoms. The quantitative estimate of drug-likeness (QED) is 0.658. The van der Waals surface area contributed by atoms with Gasteiger partial charge in [0, 0.05) is 62.4 Å². The fourth-order valence-corrected chi connectivity index (χ4v) is 6.69. The Morgan fingerprint density at radius 3 is 1.35 bits per heavy atom. The molecule has 0 radical (unpaired) electrons. The van der Waals surface area contributed by atoms with Crippen LogP contribution in [0, 0.1) is 5.92 Å². The predicted octanol–water partition coefficient (Wildman–Crippen LogP) is 3.54. The Bertz CT molecular complexity index is 550. The Morgan fingerprint density at radius 1 is 0.548 bits per heavy atom. The SMILES string of the molecule is CC1CCN(C2CCN(C(C)(C)C(C)(C)N3CCC(N4CCOCC4)CC3)CC2)CC1. The summed E-state index contributed by atoms with van der Waals surface area (Å²) in [6.45, 7) is 24.3. The van der Waals surface area contributed by atoms with Crippen LogP contribution >= 0.6 is 0 Å². The van der Waals surface area contributed by atoms with Crippen LogP contribution in [0.3, 0.4) is 0 Å². The first-order chi connectivity index (χ1) is 14.8. The van der Waals surface area contributed by atoms with Crippen LogP contribution in [0.5, 0.6) is 0 Å². The second-order valence-electron chi connectivity index (χ2n) is 11.9. The van der Waals surface area contributed by atoms with Crippen LogP contribution in [0.2, 0.25) is 0 Å². The standard InChI is InChI=1S/C26H50N4O/c1-22-6-12-27(13-7-22)23-8-14-29(15-9-23)25(2,3)26(4,5)30-16-10-24(11-17-30)28-18-20-31-21-19-28/h22-24H,6-21H2,1-5H3. The molecule has 0 aromatic carbocycles. The van der Waals surface area contributed by atoms with E-state index in [1.807, 2.05) is 0 Å². The Hall–Kier alpha value is -0.200. The molecular formula is C26H50N4O. The van der Waals surface area contributed by atoms with Gasteiger partial charge in [-0.3, -0.25) is 14.7 Å². The molecule has 0 amide bonds. The van der Waals surface area contributed by atoms with E-state index in [9.17, 15) is 0 Å². The third-order valence-corrected chi connectivity index (χ3v) is 9.90. The number of morpholine rings is 1. The first-order valence-electron chi connectivity index (χ1n) is 13.3. The van der Waals surface area contributed by atoms with Gasteiger partial charge < -0.3 is 9.64 Å². The van der Waals surface area contributed by atoms with Crippen LogP contribution < -0.4 is 0 Å². The molecule has 4 heterocycles. The molecule has 0 N–H and O–H groups in total. The van der Waals surface area contributed by atoms with Gasteiger partial charge in [-0.25, -0.2) is 0 Å². The third-order valence-electron chi connectivity index (χ3n) is 9.90. The van der Waals surface area contributed by atoms with E-state index in [0.717, 1.165) is 44.3 Å². The highest BCUT2D eigenvalue weighted by atomic mass is 16.5. The molecule has 0 atom stereocenters. The van der Waals surface area contributed by atoms with Crippen molar-refractivity contribution in [3.63, 3.8) is 0 Å². The average molecular weight is 435 g/mol. The van der Waals surface area contributed by atoms with Gasteiger partial charge in [0.25, 0.3) is 0 Å². The fraction of sp³-hybridized carbons (Fsp3) is 1.00. The summed E-state index contributed by atoms with van der Waals surface area (Å²) in [5.74, 6) is 0.934. The van der Waals surface area contributed by atoms with E-state index in [4.69, 9.17) is 4.74 Å². The smallest absolute Gasteiger partial charge is 0.0594 e. The molecular weight excluding hydrogens is 384 g/mol. The van der Waals surface area contributed by atoms with Crippen LogP contribution in [0.15, 0.2) is 0 Å². The maximum absolute atomic E-state index is 5.57. The molecule has 0 unspecified atom stereocenters. The summed E-state index contributed by atoms with van der Waals surface area (Å²) in [6.07, 6.45) is 8.14. The van der Waals surface area contributed by atoms with Gasteiger partial charge in [-0.2, -0.15) is 0 Å². The lowest BCUT2D eigenvalue weighted by Gasteiger charge is -2.58. The van der Waals surface area contributed by atoms with Crippen LogP contribution in [0.25, 0.3) is 0 Å². The summed E-state index contributed by atoms with van der Waals surface area (Å²) in [6, 6.07) is 1.59. The van der Waals surface area contributed by atoms with Gasteiger partial charge in [-0.15, -0.1) is 0 Å². The zero-order valence-electron chi connectivity index (χ0n) is 21.2. The van der Waals surface area contributed by atoms with E-state index in [-0.39, 0.29) is 11.1 Å². The van der Waals surface area contributed by atoms with Gasteiger partial charge in [-0.1, -0.05) is 6.92 Å². The minimum atomic E-state index is 0.191. The highest BCUT2D eigenvalue weighted by Gasteiger charge is 2.47. The van der Waals surface area contributed by atoms with Gasteiger partial charge in [0.2, 0.25) is 0 Å². The summed E-state index contributed by atoms with van der Waals surface area (Å²) >= 11 is 0. The maximum atomic E-state index is 5.57. The van der Waals surface area contributed by atoms with E-state index >= 15 is 0 Å². The molecule has 4 fully saturated rings. The number of rotatable bonds is 5. The number of likely N-dealkylation sites (tertiary alicyclic amines) is 3. The van der Waals surface area contributed by atoms with Crippen molar-refractivity contribution in [1.82, 2.24) is 19.6 Å². The summed E-state index contributed by atoms with van der Waals surface area (Å²) in [5, 5.41) is 0. The molecule has 5 nitrogen and oxygen atoms in total. The fourth-order valence-electron chi connectivity index (χ4n) is 6.69. The Morgan fingerprint density at radius 2 is 0.935 bits per heavy atom. The highest BCUT2D eigenvalue weighted by Crippen LogP contribution is 2.38. The van der Waals surface area contributed by atoms with Crippen LogP contribution in [0.4, 0.5) is 0 Å². The highest BCUT2D eigenvalue weighted by molar-refractivity contribution is 5.05. The van der Waals surface area contributed by atoms with Crippen LogP contribution in [-0.2, 0) is 4.74 Å². The predicted molar refractivity (Wildman–Crippen MR) is 130 cm³/mol. The summed E-state index contributed by atoms with van der Waals surface area (Å²) < 4.78 is 5.57. The summed E-state index contributed by atoms with van der Waals surface area (Å²) in [7, 11) is 0. The molecule has 180 valence electrons. The molecule has 0 aromatic rings. The van der Waals surface area contributed by atoms with E-state index in [0.29, 0.717) is 0 Å². The molecule has 0 bridgehead atoms. The second-order valence-corrected chi connectivity index (χ2v) is 11.9. The zero-order valence-corrected chi connectivity index (χ0v) is 21.2. The van der Waals surface area contributed by atoms with Crippen LogP contribution in [0.1, 0.15) is 73.1 Å².